The van der Waals surface area contributed by atoms with Gasteiger partial charge >= 0.3 is 5.97 Å². The lowest BCUT2D eigenvalue weighted by molar-refractivity contribution is -0.139. The first-order valence-corrected chi connectivity index (χ1v) is 11.5. The molecule has 3 aliphatic carbocycles. The summed E-state index contributed by atoms with van der Waals surface area (Å²) >= 11 is 0. The largest absolute Gasteiger partial charge is 0.482 e. The van der Waals surface area contributed by atoms with Crippen molar-refractivity contribution in [2.45, 2.75) is 63.2 Å². The Kier molecular flexibility index (Phi) is 6.32. The van der Waals surface area contributed by atoms with Gasteiger partial charge < -0.3 is 30.7 Å². The second kappa shape index (κ2) is 8.70. The molecule has 7 nitrogen and oxygen atoms in total. The van der Waals surface area contributed by atoms with Crippen molar-refractivity contribution in [2.75, 3.05) is 27.2 Å². The fraction of sp³-hybridized carbons (Fsp3) is 0.708. The molecule has 0 spiro atoms. The van der Waals surface area contributed by atoms with Crippen molar-refractivity contribution in [2.24, 2.45) is 17.3 Å². The summed E-state index contributed by atoms with van der Waals surface area (Å²) in [7, 11) is 3.80. The summed E-state index contributed by atoms with van der Waals surface area (Å²) in [6.45, 7) is 2.50. The van der Waals surface area contributed by atoms with Gasteiger partial charge in [-0.05, 0) is 92.6 Å². The molecule has 1 aromatic carbocycles. The molecule has 2 fully saturated rings. The Morgan fingerprint density at radius 2 is 2.06 bits per heavy atom. The smallest absolute Gasteiger partial charge is 0.341 e. The first-order valence-electron chi connectivity index (χ1n) is 11.5. The van der Waals surface area contributed by atoms with Crippen LogP contribution in [0.5, 0.6) is 5.75 Å². The highest BCUT2D eigenvalue weighted by atomic mass is 16.5. The van der Waals surface area contributed by atoms with E-state index in [1.807, 2.05) is 14.1 Å². The third-order valence-corrected chi connectivity index (χ3v) is 8.31. The van der Waals surface area contributed by atoms with Crippen LogP contribution in [-0.4, -0.2) is 60.7 Å². The van der Waals surface area contributed by atoms with Crippen LogP contribution in [0.1, 0.15) is 61.3 Å². The molecule has 0 amide bonds. The van der Waals surface area contributed by atoms with Crippen LogP contribution in [-0.2, 0) is 11.2 Å². The quantitative estimate of drug-likeness (QED) is 0.447. The van der Waals surface area contributed by atoms with E-state index in [1.54, 1.807) is 0 Å². The van der Waals surface area contributed by atoms with Gasteiger partial charge in [0.15, 0.2) is 6.61 Å². The molecule has 7 heteroatoms. The van der Waals surface area contributed by atoms with E-state index in [0.717, 1.165) is 31.2 Å². The van der Waals surface area contributed by atoms with Gasteiger partial charge in [0.1, 0.15) is 5.75 Å². The van der Waals surface area contributed by atoms with Gasteiger partial charge in [0.25, 0.3) is 0 Å². The molecule has 5 N–H and O–H groups in total. The van der Waals surface area contributed by atoms with E-state index >= 15 is 0 Å². The lowest BCUT2D eigenvalue weighted by atomic mass is 9.55. The number of rotatable bonds is 7. The van der Waals surface area contributed by atoms with E-state index in [1.165, 1.54) is 11.1 Å². The number of aliphatic carboxylic acids is 1. The number of likely N-dealkylation sites (N-methyl/N-ethyl adjacent to an activating group) is 2. The molecule has 0 heterocycles. The minimum atomic E-state index is -0.983. The van der Waals surface area contributed by atoms with Crippen LogP contribution in [0, 0.1) is 17.3 Å². The molecular weight excluding hydrogens is 396 g/mol. The van der Waals surface area contributed by atoms with Crippen molar-refractivity contribution in [1.29, 1.82) is 0 Å². The molecule has 0 aromatic heterocycles. The average molecular weight is 433 g/mol. The molecule has 2 saturated carbocycles. The summed E-state index contributed by atoms with van der Waals surface area (Å²) in [5.41, 5.74) is 3.36. The van der Waals surface area contributed by atoms with Crippen LogP contribution >= 0.6 is 0 Å². The third-order valence-electron chi connectivity index (χ3n) is 8.31. The summed E-state index contributed by atoms with van der Waals surface area (Å²) in [6, 6.07) is 4.28. The minimum Gasteiger partial charge on any atom is -0.482 e. The predicted molar refractivity (Wildman–Crippen MR) is 117 cm³/mol. The van der Waals surface area contributed by atoms with Gasteiger partial charge in [-0.2, -0.15) is 0 Å². The van der Waals surface area contributed by atoms with Crippen molar-refractivity contribution >= 4 is 5.97 Å². The van der Waals surface area contributed by atoms with Gasteiger partial charge in [-0.25, -0.2) is 4.79 Å². The summed E-state index contributed by atoms with van der Waals surface area (Å²) in [5.74, 6) is 0.839. The standard InChI is InChI=1S/C24H36N2O5/c1-24-7-6-14-15(18(24)10-20(27)23(24)30)5-4-13-8-21(31-12-22(28)29)17(9-16(13)14)19(26-3)11-25-2/h8-9,14-15,18-20,23,25-27,30H,4-7,10-12H2,1-3H3,(H,28,29)/t14-,15+,18-,19?,20+,23-,24-/m0/s1. The molecule has 1 unspecified atom stereocenters. The predicted octanol–water partition coefficient (Wildman–Crippen LogP) is 1.82. The second-order valence-electron chi connectivity index (χ2n) is 9.88. The number of carbonyl (C=O) groups is 1. The van der Waals surface area contributed by atoms with E-state index in [-0.39, 0.29) is 18.1 Å². The van der Waals surface area contributed by atoms with Gasteiger partial charge in [-0.3, -0.25) is 0 Å². The molecule has 0 saturated heterocycles. The number of hydrogen-bond acceptors (Lipinski definition) is 6. The third kappa shape index (κ3) is 3.86. The van der Waals surface area contributed by atoms with Crippen molar-refractivity contribution in [3.63, 3.8) is 0 Å². The van der Waals surface area contributed by atoms with E-state index in [4.69, 9.17) is 9.84 Å². The first-order chi connectivity index (χ1) is 14.8. The molecule has 31 heavy (non-hydrogen) atoms. The maximum atomic E-state index is 11.1. The Labute approximate surface area is 184 Å². The van der Waals surface area contributed by atoms with Gasteiger partial charge in [0.05, 0.1) is 12.2 Å². The molecule has 0 bridgehead atoms. The highest BCUT2D eigenvalue weighted by Crippen LogP contribution is 2.61. The number of ether oxygens (including phenoxy) is 1. The Morgan fingerprint density at radius 1 is 1.29 bits per heavy atom. The number of aliphatic hydroxyl groups excluding tert-OH is 2. The average Bonchev–Trinajstić information content (AvgIpc) is 2.99. The van der Waals surface area contributed by atoms with E-state index in [2.05, 4.69) is 29.7 Å². The molecule has 3 aliphatic rings. The summed E-state index contributed by atoms with van der Waals surface area (Å²) in [6.07, 6.45) is 3.28. The fourth-order valence-electron chi connectivity index (χ4n) is 6.71. The lowest BCUT2D eigenvalue weighted by Gasteiger charge is -2.50. The zero-order valence-electron chi connectivity index (χ0n) is 18.7. The van der Waals surface area contributed by atoms with E-state index in [9.17, 15) is 15.0 Å². The van der Waals surface area contributed by atoms with Gasteiger partial charge in [0, 0.05) is 18.2 Å². The Bertz CT molecular complexity index is 830. The number of aliphatic hydroxyl groups is 2. The van der Waals surface area contributed by atoms with Crippen molar-refractivity contribution in [1.82, 2.24) is 10.6 Å². The Morgan fingerprint density at radius 3 is 2.74 bits per heavy atom. The highest BCUT2D eigenvalue weighted by molar-refractivity contribution is 5.68. The molecule has 4 rings (SSSR count). The maximum absolute atomic E-state index is 11.1. The zero-order chi connectivity index (χ0) is 22.3. The van der Waals surface area contributed by atoms with Crippen LogP contribution < -0.4 is 15.4 Å². The van der Waals surface area contributed by atoms with Crippen molar-refractivity contribution < 1.29 is 24.9 Å². The number of aryl methyl sites for hydroxylation is 1. The number of fused-ring (bicyclic) bond motifs is 5. The topological polar surface area (TPSA) is 111 Å². The summed E-state index contributed by atoms with van der Waals surface area (Å²) < 4.78 is 5.71. The number of carboxylic acid groups (broad SMARTS) is 1. The van der Waals surface area contributed by atoms with Crippen LogP contribution in [0.3, 0.4) is 0 Å². The highest BCUT2D eigenvalue weighted by Gasteiger charge is 2.57. The van der Waals surface area contributed by atoms with Gasteiger partial charge in [0.2, 0.25) is 0 Å². The van der Waals surface area contributed by atoms with Crippen LogP contribution in [0.15, 0.2) is 12.1 Å². The maximum Gasteiger partial charge on any atom is 0.341 e. The van der Waals surface area contributed by atoms with E-state index < -0.39 is 18.2 Å². The Hall–Kier alpha value is -1.67. The molecular formula is C24H36N2O5. The number of benzene rings is 1. The summed E-state index contributed by atoms with van der Waals surface area (Å²) in [5, 5.41) is 36.7. The number of hydrogen-bond donors (Lipinski definition) is 5. The minimum absolute atomic E-state index is 0.00320. The number of carboxylic acids is 1. The molecule has 1 aromatic rings. The monoisotopic (exact) mass is 432 g/mol. The SMILES string of the molecule is CNCC(NC)c1cc2c(cc1OCC(=O)O)CC[C@@H]1[C@@H]2CC[C@]2(C)[C@@H](O)[C@H](O)C[C@@H]12. The normalized spacial score (nSPS) is 35.1. The first kappa shape index (κ1) is 22.5. The Balaban J connectivity index is 1.71. The van der Waals surface area contributed by atoms with E-state index in [0.29, 0.717) is 36.5 Å². The van der Waals surface area contributed by atoms with Crippen molar-refractivity contribution in [3.05, 3.63) is 28.8 Å². The molecule has 172 valence electrons. The van der Waals surface area contributed by atoms with Crippen LogP contribution in [0.25, 0.3) is 0 Å². The zero-order valence-corrected chi connectivity index (χ0v) is 18.7. The summed E-state index contributed by atoms with van der Waals surface area (Å²) in [4.78, 5) is 11.1. The second-order valence-corrected chi connectivity index (χ2v) is 9.88. The van der Waals surface area contributed by atoms with Crippen molar-refractivity contribution in [3.8, 4) is 5.75 Å². The van der Waals surface area contributed by atoms with Crippen LogP contribution in [0.4, 0.5) is 0 Å². The lowest BCUT2D eigenvalue weighted by Crippen LogP contribution is -2.44. The molecule has 0 aliphatic heterocycles. The van der Waals surface area contributed by atoms with Crippen LogP contribution in [0.2, 0.25) is 0 Å². The number of nitrogens with one attached hydrogen (secondary N) is 2. The molecule has 0 radical (unpaired) electrons. The fourth-order valence-corrected chi connectivity index (χ4v) is 6.71. The van der Waals surface area contributed by atoms with Gasteiger partial charge in [-0.15, -0.1) is 0 Å². The molecule has 7 atom stereocenters. The van der Waals surface area contributed by atoms with Gasteiger partial charge in [-0.1, -0.05) is 6.92 Å².